The number of nitrogens with two attached hydrogens (primary N) is 1. The standard InChI is InChI=1S/C10H17N3O4/c1-7(2)3-4-12-10(17)13(5-8(11)14)6-9(15)16/h3H,4-6H2,1-2H3,(H2,11,14)(H,12,17)(H,15,16). The predicted molar refractivity (Wildman–Crippen MR) is 61.2 cm³/mol. The lowest BCUT2D eigenvalue weighted by Crippen LogP contribution is -2.46. The van der Waals surface area contributed by atoms with Crippen molar-refractivity contribution in [1.29, 1.82) is 0 Å². The first-order chi connectivity index (χ1) is 7.82. The normalized spacial score (nSPS) is 9.29. The van der Waals surface area contributed by atoms with Gasteiger partial charge in [-0.1, -0.05) is 11.6 Å². The quantitative estimate of drug-likeness (QED) is 0.547. The van der Waals surface area contributed by atoms with Gasteiger partial charge in [0.15, 0.2) is 0 Å². The number of urea groups is 1. The molecule has 0 unspecified atom stereocenters. The SMILES string of the molecule is CC(C)=CCNC(=O)N(CC(N)=O)CC(=O)O. The van der Waals surface area contributed by atoms with Gasteiger partial charge in [-0.3, -0.25) is 9.59 Å². The highest BCUT2D eigenvalue weighted by molar-refractivity contribution is 5.85. The van der Waals surface area contributed by atoms with Crippen molar-refractivity contribution in [2.75, 3.05) is 19.6 Å². The molecular formula is C10H17N3O4. The number of carbonyl (C=O) groups is 3. The molecule has 0 aliphatic heterocycles. The van der Waals surface area contributed by atoms with E-state index in [1.165, 1.54) is 0 Å². The molecule has 96 valence electrons. The van der Waals surface area contributed by atoms with Crippen LogP contribution in [0.3, 0.4) is 0 Å². The number of carboxylic acids is 1. The highest BCUT2D eigenvalue weighted by atomic mass is 16.4. The molecular weight excluding hydrogens is 226 g/mol. The second-order valence-electron chi connectivity index (χ2n) is 3.68. The van der Waals surface area contributed by atoms with Crippen LogP contribution in [-0.2, 0) is 9.59 Å². The predicted octanol–water partition coefficient (Wildman–Crippen LogP) is -0.466. The first-order valence-electron chi connectivity index (χ1n) is 4.99. The van der Waals surface area contributed by atoms with Gasteiger partial charge in [0.25, 0.3) is 0 Å². The largest absolute Gasteiger partial charge is 0.480 e. The average molecular weight is 243 g/mol. The van der Waals surface area contributed by atoms with Crippen molar-refractivity contribution in [3.05, 3.63) is 11.6 Å². The topological polar surface area (TPSA) is 113 Å². The summed E-state index contributed by atoms with van der Waals surface area (Å²) < 4.78 is 0. The minimum absolute atomic E-state index is 0.274. The molecule has 3 amide bonds. The zero-order valence-electron chi connectivity index (χ0n) is 9.90. The van der Waals surface area contributed by atoms with Gasteiger partial charge < -0.3 is 21.1 Å². The van der Waals surface area contributed by atoms with Crippen molar-refractivity contribution >= 4 is 17.9 Å². The second-order valence-corrected chi connectivity index (χ2v) is 3.68. The summed E-state index contributed by atoms with van der Waals surface area (Å²) in [5, 5.41) is 11.0. The number of nitrogens with one attached hydrogen (secondary N) is 1. The number of allylic oxidation sites excluding steroid dienone is 1. The lowest BCUT2D eigenvalue weighted by Gasteiger charge is -2.18. The minimum Gasteiger partial charge on any atom is -0.480 e. The van der Waals surface area contributed by atoms with Crippen molar-refractivity contribution in [1.82, 2.24) is 10.2 Å². The van der Waals surface area contributed by atoms with Crippen LogP contribution >= 0.6 is 0 Å². The van der Waals surface area contributed by atoms with Gasteiger partial charge in [0.05, 0.1) is 0 Å². The van der Waals surface area contributed by atoms with E-state index in [1.807, 2.05) is 13.8 Å². The highest BCUT2D eigenvalue weighted by Crippen LogP contribution is 1.91. The second kappa shape index (κ2) is 7.26. The zero-order chi connectivity index (χ0) is 13.4. The van der Waals surface area contributed by atoms with Crippen molar-refractivity contribution in [2.24, 2.45) is 5.73 Å². The summed E-state index contributed by atoms with van der Waals surface area (Å²) in [6, 6.07) is -0.635. The highest BCUT2D eigenvalue weighted by Gasteiger charge is 2.17. The first kappa shape index (κ1) is 14.9. The maximum atomic E-state index is 11.5. The molecule has 0 saturated heterocycles. The monoisotopic (exact) mass is 243 g/mol. The van der Waals surface area contributed by atoms with Crippen molar-refractivity contribution in [3.63, 3.8) is 0 Å². The van der Waals surface area contributed by atoms with Crippen LogP contribution in [-0.4, -0.2) is 47.5 Å². The number of aliphatic carboxylic acids is 1. The Balaban J connectivity index is 4.36. The molecule has 4 N–H and O–H groups in total. The van der Waals surface area contributed by atoms with E-state index in [4.69, 9.17) is 10.8 Å². The van der Waals surface area contributed by atoms with Gasteiger partial charge in [-0.25, -0.2) is 4.79 Å². The van der Waals surface area contributed by atoms with E-state index in [9.17, 15) is 14.4 Å². The number of carboxylic acid groups (broad SMARTS) is 1. The van der Waals surface area contributed by atoms with Crippen molar-refractivity contribution < 1.29 is 19.5 Å². The number of primary amides is 1. The Morgan fingerprint density at radius 2 is 1.88 bits per heavy atom. The Bertz CT molecular complexity index is 318. The molecule has 0 rings (SSSR count). The Hall–Kier alpha value is -2.05. The van der Waals surface area contributed by atoms with Crippen LogP contribution in [0.1, 0.15) is 13.8 Å². The fraction of sp³-hybridized carbons (Fsp3) is 0.500. The van der Waals surface area contributed by atoms with Crippen molar-refractivity contribution in [3.8, 4) is 0 Å². The molecule has 0 heterocycles. The maximum absolute atomic E-state index is 11.5. The van der Waals surface area contributed by atoms with Crippen LogP contribution in [0.15, 0.2) is 11.6 Å². The number of amides is 3. The van der Waals surface area contributed by atoms with Crippen LogP contribution in [0.4, 0.5) is 4.79 Å². The fourth-order valence-corrected chi connectivity index (χ4v) is 1.01. The number of carbonyl (C=O) groups excluding carboxylic acids is 2. The van der Waals surface area contributed by atoms with Crippen molar-refractivity contribution in [2.45, 2.75) is 13.8 Å². The maximum Gasteiger partial charge on any atom is 0.323 e. The number of nitrogens with zero attached hydrogens (tertiary/aromatic N) is 1. The molecule has 17 heavy (non-hydrogen) atoms. The molecule has 0 aromatic carbocycles. The number of hydrogen-bond donors (Lipinski definition) is 3. The Labute approximate surface area is 99.3 Å². The number of rotatable bonds is 6. The van der Waals surface area contributed by atoms with Crippen LogP contribution in [0.5, 0.6) is 0 Å². The summed E-state index contributed by atoms with van der Waals surface area (Å²) in [5.41, 5.74) is 5.94. The lowest BCUT2D eigenvalue weighted by atomic mass is 10.3. The summed E-state index contributed by atoms with van der Waals surface area (Å²) in [4.78, 5) is 33.5. The van der Waals surface area contributed by atoms with E-state index in [-0.39, 0.29) is 6.54 Å². The number of hydrogen-bond acceptors (Lipinski definition) is 3. The molecule has 7 nitrogen and oxygen atoms in total. The van der Waals surface area contributed by atoms with E-state index in [0.717, 1.165) is 10.5 Å². The molecule has 7 heteroatoms. The third-order valence-corrected chi connectivity index (χ3v) is 1.72. The summed E-state index contributed by atoms with van der Waals surface area (Å²) in [6.07, 6.45) is 1.76. The summed E-state index contributed by atoms with van der Waals surface area (Å²) >= 11 is 0. The molecule has 0 saturated carbocycles. The van der Waals surface area contributed by atoms with Gasteiger partial charge in [-0.05, 0) is 13.8 Å². The molecule has 0 spiro atoms. The van der Waals surface area contributed by atoms with Gasteiger partial charge in [0.1, 0.15) is 13.1 Å². The Kier molecular flexibility index (Phi) is 6.39. The minimum atomic E-state index is -1.20. The molecule has 0 aliphatic rings. The van der Waals surface area contributed by atoms with E-state index in [1.54, 1.807) is 6.08 Å². The Morgan fingerprint density at radius 1 is 1.29 bits per heavy atom. The van der Waals surface area contributed by atoms with Gasteiger partial charge >= 0.3 is 12.0 Å². The van der Waals surface area contributed by atoms with Gasteiger partial charge in [0.2, 0.25) is 5.91 Å². The smallest absolute Gasteiger partial charge is 0.323 e. The van der Waals surface area contributed by atoms with E-state index < -0.39 is 31.0 Å². The van der Waals surface area contributed by atoms with Gasteiger partial charge in [-0.15, -0.1) is 0 Å². The lowest BCUT2D eigenvalue weighted by molar-refractivity contribution is -0.137. The molecule has 0 fully saturated rings. The van der Waals surface area contributed by atoms with Crippen LogP contribution in [0.2, 0.25) is 0 Å². The molecule has 0 aliphatic carbocycles. The molecule has 0 radical (unpaired) electrons. The molecule has 0 aromatic rings. The van der Waals surface area contributed by atoms with E-state index in [0.29, 0.717) is 0 Å². The Morgan fingerprint density at radius 3 is 2.29 bits per heavy atom. The van der Waals surface area contributed by atoms with Gasteiger partial charge in [-0.2, -0.15) is 0 Å². The third-order valence-electron chi connectivity index (χ3n) is 1.72. The van der Waals surface area contributed by atoms with Crippen LogP contribution < -0.4 is 11.1 Å². The summed E-state index contributed by atoms with van der Waals surface area (Å²) in [6.45, 7) is 3.02. The molecule has 0 bridgehead atoms. The summed E-state index contributed by atoms with van der Waals surface area (Å²) in [5.74, 6) is -1.97. The average Bonchev–Trinajstić information content (AvgIpc) is 2.14. The van der Waals surface area contributed by atoms with Crippen LogP contribution in [0, 0.1) is 0 Å². The molecule has 0 aromatic heterocycles. The zero-order valence-corrected chi connectivity index (χ0v) is 9.90. The van der Waals surface area contributed by atoms with Gasteiger partial charge in [0, 0.05) is 6.54 Å². The van der Waals surface area contributed by atoms with Crippen LogP contribution in [0.25, 0.3) is 0 Å². The third kappa shape index (κ3) is 7.83. The molecule has 0 atom stereocenters. The van der Waals surface area contributed by atoms with E-state index >= 15 is 0 Å². The first-order valence-corrected chi connectivity index (χ1v) is 4.99. The fourth-order valence-electron chi connectivity index (χ4n) is 1.01. The summed E-state index contributed by atoms with van der Waals surface area (Å²) in [7, 11) is 0. The van der Waals surface area contributed by atoms with E-state index in [2.05, 4.69) is 5.32 Å².